The predicted molar refractivity (Wildman–Crippen MR) is 429 cm³/mol. The fourth-order valence-electron chi connectivity index (χ4n) is 11.9. The number of hydrogen-bond acceptors (Lipinski definition) is 22. The Morgan fingerprint density at radius 1 is 0.457 bits per heavy atom. The number of aromatic amines is 1. The SMILES string of the molecule is CSCC[C@H](NC(=O)[C@@H](NC(=O)[C@H](CCCN=C(N)N)NC(=O)CNC(=O)[C@H](CCC(=O)O)NC(=O)[C@H](CCCCN)NC(=O)[C@H](CC(=O)O)NC(=O)[C@H](CC(C)C)NC(=O)CNC(=O)[C@H](CC(C)C)NC(=O)[C@H](Cc1ccc(O)cc1)NC(=O)[C@@H](N)Cc1c[nH]c2ccccc12)C(C)C)C(=O)N[C@@H](CCCCN)C(=O)NCC(=O)O. The van der Waals surface area contributed by atoms with Gasteiger partial charge < -0.3 is 123 Å². The lowest BCUT2D eigenvalue weighted by molar-refractivity contribution is -0.142. The van der Waals surface area contributed by atoms with Crippen LogP contribution in [0.1, 0.15) is 143 Å². The number of aromatic hydroxyl groups is 1. The number of carbonyl (C=O) groups is 16. The monoisotopic (exact) mass is 1650 g/mol. The van der Waals surface area contributed by atoms with Crippen molar-refractivity contribution in [1.29, 1.82) is 0 Å². The minimum absolute atomic E-state index is 0.0338. The van der Waals surface area contributed by atoms with Crippen molar-refractivity contribution >= 4 is 123 Å². The summed E-state index contributed by atoms with van der Waals surface area (Å²) in [7, 11) is 0. The molecule has 116 heavy (non-hydrogen) atoms. The second-order valence-electron chi connectivity index (χ2n) is 29.1. The molecule has 2 aromatic carbocycles. The lowest BCUT2D eigenvalue weighted by Gasteiger charge is -2.28. The zero-order chi connectivity index (χ0) is 86.7. The van der Waals surface area contributed by atoms with Crippen LogP contribution in [-0.2, 0) is 89.6 Å². The molecule has 0 saturated heterocycles. The van der Waals surface area contributed by atoms with E-state index in [-0.39, 0.29) is 114 Å². The van der Waals surface area contributed by atoms with Crippen molar-refractivity contribution in [1.82, 2.24) is 74.1 Å². The topological polar surface area (TPSA) is 669 Å². The van der Waals surface area contributed by atoms with E-state index in [9.17, 15) is 92.0 Å². The van der Waals surface area contributed by atoms with Gasteiger partial charge in [-0.2, -0.15) is 11.8 Å². The summed E-state index contributed by atoms with van der Waals surface area (Å²) in [5.41, 5.74) is 30.9. The molecule has 41 heteroatoms. The number of nitrogens with zero attached hydrogens (tertiary/aromatic N) is 1. The number of benzene rings is 2. The van der Waals surface area contributed by atoms with E-state index < -0.39 is 206 Å². The molecule has 0 unspecified atom stereocenters. The third-order valence-electron chi connectivity index (χ3n) is 18.0. The zero-order valence-corrected chi connectivity index (χ0v) is 67.4. The van der Waals surface area contributed by atoms with E-state index in [1.54, 1.807) is 66.1 Å². The highest BCUT2D eigenvalue weighted by Crippen LogP contribution is 2.20. The van der Waals surface area contributed by atoms with E-state index in [0.29, 0.717) is 24.2 Å². The number of aliphatic imine (C=N–C) groups is 1. The molecule has 0 bridgehead atoms. The van der Waals surface area contributed by atoms with E-state index >= 15 is 0 Å². The number of phenolic OH excluding ortho intramolecular Hbond substituents is 1. The maximum atomic E-state index is 14.3. The molecule has 644 valence electrons. The van der Waals surface area contributed by atoms with Gasteiger partial charge in [0, 0.05) is 36.5 Å². The van der Waals surface area contributed by atoms with Crippen LogP contribution in [0.25, 0.3) is 10.9 Å². The summed E-state index contributed by atoms with van der Waals surface area (Å²) >= 11 is 1.34. The van der Waals surface area contributed by atoms with Gasteiger partial charge in [0.15, 0.2) is 5.96 Å². The number of nitrogens with one attached hydrogen (secondary N) is 14. The molecular formula is C75H118N20O20S. The molecule has 0 aliphatic heterocycles. The third-order valence-corrected chi connectivity index (χ3v) is 18.6. The van der Waals surface area contributed by atoms with E-state index in [2.05, 4.69) is 79.1 Å². The maximum absolute atomic E-state index is 14.3. The number of carboxylic acid groups (broad SMARTS) is 3. The molecule has 0 aliphatic rings. The van der Waals surface area contributed by atoms with Crippen LogP contribution < -0.4 is 97.8 Å². The van der Waals surface area contributed by atoms with E-state index in [1.165, 1.54) is 23.9 Å². The van der Waals surface area contributed by atoms with Crippen LogP contribution in [-0.4, -0.2) is 244 Å². The first-order chi connectivity index (χ1) is 54.9. The predicted octanol–water partition coefficient (Wildman–Crippen LogP) is -3.58. The number of amides is 13. The summed E-state index contributed by atoms with van der Waals surface area (Å²) in [6.07, 6.45) is 1.95. The van der Waals surface area contributed by atoms with Gasteiger partial charge in [-0.3, -0.25) is 81.7 Å². The number of phenols is 1. The average Bonchev–Trinajstić information content (AvgIpc) is 1.67. The molecule has 3 aromatic rings. The molecule has 1 aromatic heterocycles. The Bertz CT molecular complexity index is 3820. The Morgan fingerprint density at radius 2 is 0.897 bits per heavy atom. The van der Waals surface area contributed by atoms with Gasteiger partial charge in [-0.25, -0.2) is 0 Å². The molecule has 40 nitrogen and oxygen atoms in total. The number of carboxylic acids is 3. The summed E-state index contributed by atoms with van der Waals surface area (Å²) in [5, 5.41) is 72.0. The number of unbranched alkanes of at least 4 members (excludes halogenated alkanes) is 2. The number of aliphatic carboxylic acids is 3. The zero-order valence-electron chi connectivity index (χ0n) is 66.6. The number of H-pyrrole nitrogens is 1. The van der Waals surface area contributed by atoms with Gasteiger partial charge in [0.2, 0.25) is 76.8 Å². The molecule has 0 radical (unpaired) electrons. The first-order valence-corrected chi connectivity index (χ1v) is 39.8. The van der Waals surface area contributed by atoms with Gasteiger partial charge in [-0.1, -0.05) is 71.9 Å². The van der Waals surface area contributed by atoms with Crippen molar-refractivity contribution in [2.45, 2.75) is 211 Å². The summed E-state index contributed by atoms with van der Waals surface area (Å²) in [6, 6.07) is -2.64. The number of carbonyl (C=O) groups excluding carboxylic acids is 13. The highest BCUT2D eigenvalue weighted by atomic mass is 32.2. The lowest BCUT2D eigenvalue weighted by Crippen LogP contribution is -2.60. The van der Waals surface area contributed by atoms with Gasteiger partial charge in [0.05, 0.1) is 25.6 Å². The normalized spacial score (nSPS) is 14.0. The lowest BCUT2D eigenvalue weighted by atomic mass is 10.00. The first-order valence-electron chi connectivity index (χ1n) is 38.4. The van der Waals surface area contributed by atoms with Crippen molar-refractivity contribution in [3.8, 4) is 5.75 Å². The standard InChI is InChI=1S/C75H118N20O20S/c1-40(2)31-54(93-72(113)56(33-43-20-22-45(96)23-21-43)92-64(105)47(78)34-44-36-82-48-16-9-8-15-46(44)48)67(108)84-38-59(98)87-55(32-41(3)4)71(112)94-57(35-61(101)102)73(114)89-51(18-11-13-28-77)68(109)90-52(24-25-60(99)100)66(107)83-37-58(97)86-50(19-14-29-81-75(79)80)70(111)95-63(42(5)6)74(115)91-53(26-30-116-7)69(110)88-49(17-10-12-27-76)65(106)85-39-62(103)104/h8-9,15-16,20-23,36,40-42,47,49-57,63,82,96H,10-14,17-19,24-35,37-39,76-78H2,1-7H3,(H,83,107)(H,84,108)(H,85,106)(H,86,97)(H,87,98)(H,88,110)(H,89,114)(H,90,109)(H,91,115)(H,92,105)(H,93,113)(H,94,112)(H,95,111)(H,99,100)(H,101,102)(H,103,104)(H4,79,80,81)/t47-,49-,50-,51-,52-,53-,54-,55-,56-,57-,63-/m0/s1. The Balaban J connectivity index is 1.82. The van der Waals surface area contributed by atoms with Crippen molar-refractivity contribution in [3.05, 3.63) is 65.9 Å². The van der Waals surface area contributed by atoms with Gasteiger partial charge in [0.1, 0.15) is 72.7 Å². The molecule has 0 saturated carbocycles. The molecule has 28 N–H and O–H groups in total. The summed E-state index contributed by atoms with van der Waals surface area (Å²) < 4.78 is 0. The summed E-state index contributed by atoms with van der Waals surface area (Å²) in [4.78, 5) is 224. The van der Waals surface area contributed by atoms with Crippen LogP contribution in [0.2, 0.25) is 0 Å². The Hall–Kier alpha value is -11.2. The average molecular weight is 1650 g/mol. The minimum atomic E-state index is -1.96. The maximum Gasteiger partial charge on any atom is 0.322 e. The second-order valence-corrected chi connectivity index (χ2v) is 30.1. The minimum Gasteiger partial charge on any atom is -0.508 e. The van der Waals surface area contributed by atoms with Crippen molar-refractivity contribution in [2.24, 2.45) is 51.4 Å². The van der Waals surface area contributed by atoms with Crippen LogP contribution in [0.4, 0.5) is 0 Å². The third kappa shape index (κ3) is 37.8. The number of para-hydroxylation sites is 1. The molecule has 0 aliphatic carbocycles. The van der Waals surface area contributed by atoms with Gasteiger partial charge in [-0.05, 0) is 156 Å². The Morgan fingerprint density at radius 3 is 1.42 bits per heavy atom. The van der Waals surface area contributed by atoms with E-state index in [0.717, 1.165) is 16.5 Å². The van der Waals surface area contributed by atoms with Gasteiger partial charge >= 0.3 is 17.9 Å². The fourth-order valence-corrected chi connectivity index (χ4v) is 12.4. The van der Waals surface area contributed by atoms with E-state index in [1.807, 2.05) is 24.3 Å². The van der Waals surface area contributed by atoms with E-state index in [4.69, 9.17) is 33.8 Å². The second kappa shape index (κ2) is 52.3. The van der Waals surface area contributed by atoms with Gasteiger partial charge in [-0.15, -0.1) is 0 Å². The highest BCUT2D eigenvalue weighted by Gasteiger charge is 2.37. The van der Waals surface area contributed by atoms with Crippen LogP contribution in [0.5, 0.6) is 5.75 Å². The number of rotatable bonds is 56. The smallest absolute Gasteiger partial charge is 0.322 e. The van der Waals surface area contributed by atoms with Crippen LogP contribution in [0.15, 0.2) is 59.7 Å². The van der Waals surface area contributed by atoms with Gasteiger partial charge in [0.25, 0.3) is 0 Å². The molecule has 11 atom stereocenters. The van der Waals surface area contributed by atoms with Crippen LogP contribution >= 0.6 is 11.8 Å². The summed E-state index contributed by atoms with van der Waals surface area (Å²) in [6.45, 7) is 7.95. The summed E-state index contributed by atoms with van der Waals surface area (Å²) in [5.74, 6) is -17.8. The highest BCUT2D eigenvalue weighted by molar-refractivity contribution is 7.98. The fraction of sp³-hybridized carbons (Fsp3) is 0.587. The quantitative estimate of drug-likeness (QED) is 0.0148. The largest absolute Gasteiger partial charge is 0.508 e. The molecule has 3 rings (SSSR count). The molecule has 0 spiro atoms. The van der Waals surface area contributed by atoms with Crippen LogP contribution in [0, 0.1) is 17.8 Å². The van der Waals surface area contributed by atoms with Crippen LogP contribution in [0.3, 0.4) is 0 Å². The molecule has 1 heterocycles. The van der Waals surface area contributed by atoms with Crippen molar-refractivity contribution in [2.75, 3.05) is 51.3 Å². The number of fused-ring (bicyclic) bond motifs is 1. The number of aromatic nitrogens is 1. The van der Waals surface area contributed by atoms with Crippen molar-refractivity contribution < 1.29 is 97.1 Å². The number of hydrogen-bond donors (Lipinski definition) is 23. The Labute approximate surface area is 676 Å². The number of thioether (sulfide) groups is 1. The number of guanidine groups is 1. The molecule has 13 amide bonds. The molecular weight excluding hydrogens is 1530 g/mol. The Kier molecular flexibility index (Phi) is 44.6. The number of nitrogens with two attached hydrogens (primary N) is 5. The first kappa shape index (κ1) is 99.0. The molecule has 0 fully saturated rings. The van der Waals surface area contributed by atoms with Crippen molar-refractivity contribution in [3.63, 3.8) is 0 Å².